The average molecular weight is 612 g/mol. The van der Waals surface area contributed by atoms with Crippen molar-refractivity contribution >= 4 is 11.9 Å². The van der Waals surface area contributed by atoms with Crippen LogP contribution in [-0.4, -0.2) is 18.5 Å². The van der Waals surface area contributed by atoms with Crippen molar-refractivity contribution in [3.63, 3.8) is 0 Å². The molecule has 3 rings (SSSR count). The van der Waals surface area contributed by atoms with Gasteiger partial charge in [-0.05, 0) is 79.2 Å². The number of benzene rings is 3. The normalized spacial score (nSPS) is 10.7. The van der Waals surface area contributed by atoms with E-state index >= 15 is 0 Å². The first-order valence-corrected chi connectivity index (χ1v) is 16.9. The molecule has 3 aromatic rings. The Morgan fingerprint density at radius 1 is 0.511 bits per heavy atom. The molecule has 0 spiro atoms. The highest BCUT2D eigenvalue weighted by Gasteiger charge is 2.12. The van der Waals surface area contributed by atoms with Gasteiger partial charge in [0.05, 0.1) is 29.4 Å². The topological polar surface area (TPSA) is 85.6 Å². The zero-order valence-electron chi connectivity index (χ0n) is 26.9. The maximum absolute atomic E-state index is 12.6. The molecule has 6 nitrogen and oxygen atoms in total. The molecule has 0 aromatic heterocycles. The SMILES string of the molecule is CCCCCCCCCCCCCCCCCCOc1ccc(C(=O)Oc2ccc(C(=O)Oc3ccc(C#N)cc3)cc2)cc1. The van der Waals surface area contributed by atoms with Crippen LogP contribution < -0.4 is 14.2 Å². The number of rotatable bonds is 22. The van der Waals surface area contributed by atoms with Crippen molar-refractivity contribution in [3.8, 4) is 23.3 Å². The summed E-state index contributed by atoms with van der Waals surface area (Å²) in [5.41, 5.74) is 1.20. The lowest BCUT2D eigenvalue weighted by Crippen LogP contribution is -2.10. The van der Waals surface area contributed by atoms with Gasteiger partial charge in [0.2, 0.25) is 0 Å². The molecule has 0 aliphatic rings. The summed E-state index contributed by atoms with van der Waals surface area (Å²) in [6.45, 7) is 2.94. The van der Waals surface area contributed by atoms with E-state index in [-0.39, 0.29) is 0 Å². The Labute approximate surface area is 269 Å². The molecule has 0 bridgehead atoms. The molecule has 0 N–H and O–H groups in total. The minimum Gasteiger partial charge on any atom is -0.494 e. The Morgan fingerprint density at radius 2 is 0.867 bits per heavy atom. The highest BCUT2D eigenvalue weighted by molar-refractivity contribution is 5.92. The van der Waals surface area contributed by atoms with Crippen molar-refractivity contribution in [3.05, 3.63) is 89.5 Å². The molecule has 0 saturated carbocycles. The minimum atomic E-state index is -0.548. The fourth-order valence-corrected chi connectivity index (χ4v) is 5.12. The van der Waals surface area contributed by atoms with Crippen LogP contribution in [0.5, 0.6) is 17.2 Å². The maximum Gasteiger partial charge on any atom is 0.343 e. The van der Waals surface area contributed by atoms with Gasteiger partial charge < -0.3 is 14.2 Å². The number of nitriles is 1. The number of hydrogen-bond acceptors (Lipinski definition) is 6. The molecule has 0 fully saturated rings. The molecule has 0 unspecified atom stereocenters. The van der Waals surface area contributed by atoms with Crippen LogP contribution >= 0.6 is 0 Å². The largest absolute Gasteiger partial charge is 0.494 e. The second kappa shape index (κ2) is 21.6. The summed E-state index contributed by atoms with van der Waals surface area (Å²) < 4.78 is 16.6. The van der Waals surface area contributed by atoms with Crippen LogP contribution in [0.2, 0.25) is 0 Å². The number of carbonyl (C=O) groups is 2. The molecule has 45 heavy (non-hydrogen) atoms. The van der Waals surface area contributed by atoms with E-state index in [0.717, 1.165) is 12.2 Å². The number of esters is 2. The second-order valence-electron chi connectivity index (χ2n) is 11.6. The minimum absolute atomic E-state index is 0.310. The molecular weight excluding hydrogens is 562 g/mol. The zero-order valence-corrected chi connectivity index (χ0v) is 26.9. The van der Waals surface area contributed by atoms with Crippen molar-refractivity contribution in [1.82, 2.24) is 0 Å². The summed E-state index contributed by atoms with van der Waals surface area (Å²) in [6.07, 6.45) is 21.5. The van der Waals surface area contributed by atoms with E-state index in [1.54, 1.807) is 60.7 Å². The van der Waals surface area contributed by atoms with Gasteiger partial charge >= 0.3 is 11.9 Å². The lowest BCUT2D eigenvalue weighted by Gasteiger charge is -2.08. The van der Waals surface area contributed by atoms with Crippen LogP contribution in [0.4, 0.5) is 0 Å². The van der Waals surface area contributed by atoms with Gasteiger partial charge in [0.15, 0.2) is 0 Å². The third kappa shape index (κ3) is 14.5. The first-order valence-electron chi connectivity index (χ1n) is 16.9. The first-order chi connectivity index (χ1) is 22.1. The fourth-order valence-electron chi connectivity index (χ4n) is 5.12. The summed E-state index contributed by atoms with van der Waals surface area (Å²) >= 11 is 0. The Hall–Kier alpha value is -4.11. The zero-order chi connectivity index (χ0) is 32.0. The van der Waals surface area contributed by atoms with Gasteiger partial charge in [0.1, 0.15) is 17.2 Å². The molecule has 0 amide bonds. The third-order valence-corrected chi connectivity index (χ3v) is 7.85. The number of nitrogens with zero attached hydrogens (tertiary/aromatic N) is 1. The highest BCUT2D eigenvalue weighted by atomic mass is 16.5. The summed E-state index contributed by atoms with van der Waals surface area (Å²) in [5.74, 6) is 0.350. The number of ether oxygens (including phenoxy) is 3. The van der Waals surface area contributed by atoms with Crippen molar-refractivity contribution in [1.29, 1.82) is 5.26 Å². The van der Waals surface area contributed by atoms with Crippen LogP contribution in [0.1, 0.15) is 136 Å². The van der Waals surface area contributed by atoms with Crippen molar-refractivity contribution in [2.24, 2.45) is 0 Å². The lowest BCUT2D eigenvalue weighted by molar-refractivity contribution is 0.0730. The second-order valence-corrected chi connectivity index (χ2v) is 11.6. The molecule has 3 aromatic carbocycles. The quantitative estimate of drug-likeness (QED) is 0.0638. The van der Waals surface area contributed by atoms with Crippen LogP contribution in [-0.2, 0) is 0 Å². The number of hydrogen-bond donors (Lipinski definition) is 0. The Kier molecular flexibility index (Phi) is 17.0. The lowest BCUT2D eigenvalue weighted by atomic mass is 10.0. The van der Waals surface area contributed by atoms with Crippen LogP contribution in [0.25, 0.3) is 0 Å². The molecule has 0 aliphatic heterocycles. The van der Waals surface area contributed by atoms with Gasteiger partial charge in [0, 0.05) is 0 Å². The molecule has 0 heterocycles. The van der Waals surface area contributed by atoms with Gasteiger partial charge in [-0.25, -0.2) is 9.59 Å². The van der Waals surface area contributed by atoms with E-state index in [0.29, 0.717) is 34.8 Å². The Morgan fingerprint density at radius 3 is 1.27 bits per heavy atom. The van der Waals surface area contributed by atoms with Gasteiger partial charge in [0.25, 0.3) is 0 Å². The summed E-state index contributed by atoms with van der Waals surface area (Å²) in [5, 5.41) is 8.87. The molecule has 0 radical (unpaired) electrons. The molecule has 0 atom stereocenters. The summed E-state index contributed by atoms with van der Waals surface area (Å²) in [6, 6.07) is 21.4. The van der Waals surface area contributed by atoms with Gasteiger partial charge in [-0.15, -0.1) is 0 Å². The predicted octanol–water partition coefficient (Wildman–Crippen LogP) is 10.6. The van der Waals surface area contributed by atoms with E-state index in [9.17, 15) is 9.59 Å². The maximum atomic E-state index is 12.6. The average Bonchev–Trinajstić information content (AvgIpc) is 3.07. The predicted molar refractivity (Wildman–Crippen MR) is 179 cm³/mol. The molecule has 0 aliphatic carbocycles. The Balaban J connectivity index is 1.22. The van der Waals surface area contributed by atoms with Crippen molar-refractivity contribution < 1.29 is 23.8 Å². The van der Waals surface area contributed by atoms with Crippen LogP contribution in [0.3, 0.4) is 0 Å². The molecule has 0 saturated heterocycles. The standard InChI is InChI=1S/C39H49NO5/c1-2-3-4-5-6-7-8-9-10-11-12-13-14-15-16-17-30-43-35-26-20-33(21-27-35)38(41)45-37-28-22-34(23-29-37)39(42)44-36-24-18-32(31-40)19-25-36/h18-29H,2-17,30H2,1H3. The smallest absolute Gasteiger partial charge is 0.343 e. The van der Waals surface area contributed by atoms with Gasteiger partial charge in [-0.3, -0.25) is 0 Å². The van der Waals surface area contributed by atoms with Crippen molar-refractivity contribution in [2.45, 2.75) is 110 Å². The number of carbonyl (C=O) groups excluding carboxylic acids is 2. The fraction of sp³-hybridized carbons (Fsp3) is 0.462. The molecule has 6 heteroatoms. The Bertz CT molecular complexity index is 1290. The summed E-state index contributed by atoms with van der Waals surface area (Å²) in [7, 11) is 0. The first kappa shape index (κ1) is 35.4. The van der Waals surface area contributed by atoms with E-state index in [1.165, 1.54) is 108 Å². The molecule has 240 valence electrons. The third-order valence-electron chi connectivity index (χ3n) is 7.85. The van der Waals surface area contributed by atoms with Crippen molar-refractivity contribution in [2.75, 3.05) is 6.61 Å². The highest BCUT2D eigenvalue weighted by Crippen LogP contribution is 2.20. The monoisotopic (exact) mass is 611 g/mol. The number of unbranched alkanes of at least 4 members (excludes halogenated alkanes) is 15. The van der Waals surface area contributed by atoms with E-state index in [1.807, 2.05) is 6.07 Å². The summed E-state index contributed by atoms with van der Waals surface area (Å²) in [4.78, 5) is 25.0. The van der Waals surface area contributed by atoms with Gasteiger partial charge in [-0.2, -0.15) is 5.26 Å². The van der Waals surface area contributed by atoms with Gasteiger partial charge in [-0.1, -0.05) is 103 Å². The van der Waals surface area contributed by atoms with Crippen LogP contribution in [0, 0.1) is 11.3 Å². The van der Waals surface area contributed by atoms with E-state index in [4.69, 9.17) is 19.5 Å². The molecular formula is C39H49NO5. The van der Waals surface area contributed by atoms with E-state index in [2.05, 4.69) is 6.92 Å². The van der Waals surface area contributed by atoms with Crippen LogP contribution in [0.15, 0.2) is 72.8 Å². The van der Waals surface area contributed by atoms with E-state index < -0.39 is 11.9 Å².